The van der Waals surface area contributed by atoms with Gasteiger partial charge in [0.15, 0.2) is 0 Å². The van der Waals surface area contributed by atoms with Crippen molar-refractivity contribution in [3.05, 3.63) is 29.8 Å². The molecule has 7 heteroatoms. The molecule has 1 aromatic rings. The predicted molar refractivity (Wildman–Crippen MR) is 113 cm³/mol. The van der Waals surface area contributed by atoms with Gasteiger partial charge in [-0.05, 0) is 43.4 Å². The maximum absolute atomic E-state index is 13.6. The lowest BCUT2D eigenvalue weighted by molar-refractivity contribution is -0.144. The molecule has 3 aliphatic rings. The molecule has 31 heavy (non-hydrogen) atoms. The Bertz CT molecular complexity index is 892. The third kappa shape index (κ3) is 3.98. The van der Waals surface area contributed by atoms with Crippen LogP contribution >= 0.6 is 0 Å². The van der Waals surface area contributed by atoms with Crippen molar-refractivity contribution in [1.29, 1.82) is 0 Å². The fraction of sp³-hybridized carbons (Fsp3) is 0.583. The molecule has 3 amide bonds. The molecule has 3 fully saturated rings. The molecule has 0 N–H and O–H groups in total. The van der Waals surface area contributed by atoms with Crippen molar-refractivity contribution in [2.24, 2.45) is 5.92 Å². The van der Waals surface area contributed by atoms with Crippen LogP contribution in [0.15, 0.2) is 24.3 Å². The molecule has 2 heterocycles. The SMILES string of the molecule is CCC(=O)[C@H]1CCCN(C(=O)C[C@]2(c3ccc(OC)cc3)CC(=O)N(C3CC3)C2=O)C1. The highest BCUT2D eigenvalue weighted by atomic mass is 16.5. The molecule has 166 valence electrons. The molecular formula is C24H30N2O5. The van der Waals surface area contributed by atoms with Crippen LogP contribution in [0.2, 0.25) is 0 Å². The number of ether oxygens (including phenoxy) is 1. The summed E-state index contributed by atoms with van der Waals surface area (Å²) in [5.41, 5.74) is -0.522. The fourth-order valence-electron chi connectivity index (χ4n) is 4.97. The highest BCUT2D eigenvalue weighted by Crippen LogP contribution is 2.45. The number of rotatable bonds is 7. The van der Waals surface area contributed by atoms with Crippen molar-refractivity contribution in [1.82, 2.24) is 9.80 Å². The number of ketones is 1. The molecule has 2 saturated heterocycles. The van der Waals surface area contributed by atoms with Gasteiger partial charge < -0.3 is 9.64 Å². The van der Waals surface area contributed by atoms with Gasteiger partial charge in [0.25, 0.3) is 0 Å². The minimum Gasteiger partial charge on any atom is -0.497 e. The maximum atomic E-state index is 13.6. The van der Waals surface area contributed by atoms with Crippen LogP contribution < -0.4 is 4.74 Å². The monoisotopic (exact) mass is 426 g/mol. The molecular weight excluding hydrogens is 396 g/mol. The molecule has 0 unspecified atom stereocenters. The third-order valence-electron chi connectivity index (χ3n) is 6.94. The van der Waals surface area contributed by atoms with E-state index in [0.717, 1.165) is 25.7 Å². The molecule has 2 aliphatic heterocycles. The summed E-state index contributed by atoms with van der Waals surface area (Å²) >= 11 is 0. The van der Waals surface area contributed by atoms with Gasteiger partial charge in [-0.3, -0.25) is 24.1 Å². The minimum atomic E-state index is -1.19. The van der Waals surface area contributed by atoms with E-state index >= 15 is 0 Å². The van der Waals surface area contributed by atoms with Crippen LogP contribution in [-0.4, -0.2) is 59.5 Å². The lowest BCUT2D eigenvalue weighted by Crippen LogP contribution is -2.47. The number of benzene rings is 1. The first-order chi connectivity index (χ1) is 14.9. The highest BCUT2D eigenvalue weighted by molar-refractivity contribution is 6.11. The molecule has 0 bridgehead atoms. The summed E-state index contributed by atoms with van der Waals surface area (Å²) in [5.74, 6) is 0.0598. The molecule has 1 saturated carbocycles. The van der Waals surface area contributed by atoms with E-state index in [9.17, 15) is 19.2 Å². The van der Waals surface area contributed by atoms with E-state index in [1.54, 1.807) is 36.3 Å². The standard InChI is InChI=1S/C24H30N2O5/c1-3-20(27)16-5-4-12-25(15-16)21(28)13-24(17-6-10-19(31-2)11-7-17)14-22(29)26(23(24)30)18-8-9-18/h6-7,10-11,16,18H,3-5,8-9,12-15H2,1-2H3/t16-,24+/m0/s1. The summed E-state index contributed by atoms with van der Waals surface area (Å²) in [7, 11) is 1.57. The summed E-state index contributed by atoms with van der Waals surface area (Å²) in [6.07, 6.45) is 3.65. The summed E-state index contributed by atoms with van der Waals surface area (Å²) in [6, 6.07) is 7.06. The van der Waals surface area contributed by atoms with Crippen LogP contribution in [-0.2, 0) is 24.6 Å². The molecule has 7 nitrogen and oxygen atoms in total. The van der Waals surface area contributed by atoms with E-state index in [0.29, 0.717) is 30.8 Å². The Morgan fingerprint density at radius 2 is 1.84 bits per heavy atom. The number of methoxy groups -OCH3 is 1. The number of hydrogen-bond acceptors (Lipinski definition) is 5. The Morgan fingerprint density at radius 1 is 1.13 bits per heavy atom. The zero-order valence-corrected chi connectivity index (χ0v) is 18.3. The average molecular weight is 427 g/mol. The van der Waals surface area contributed by atoms with Crippen LogP contribution in [0.25, 0.3) is 0 Å². The normalized spacial score (nSPS) is 26.3. The molecule has 1 aromatic carbocycles. The van der Waals surface area contributed by atoms with Crippen LogP contribution in [0, 0.1) is 5.92 Å². The van der Waals surface area contributed by atoms with Gasteiger partial charge in [-0.25, -0.2) is 0 Å². The number of likely N-dealkylation sites (tertiary alicyclic amines) is 2. The van der Waals surface area contributed by atoms with Crippen LogP contribution in [0.5, 0.6) is 5.75 Å². The van der Waals surface area contributed by atoms with Crippen molar-refractivity contribution in [2.45, 2.75) is 63.3 Å². The quantitative estimate of drug-likeness (QED) is 0.626. The molecule has 0 radical (unpaired) electrons. The number of nitrogens with zero attached hydrogens (tertiary/aromatic N) is 2. The second kappa shape index (κ2) is 8.44. The van der Waals surface area contributed by atoms with Crippen LogP contribution in [0.3, 0.4) is 0 Å². The fourth-order valence-corrected chi connectivity index (χ4v) is 4.97. The van der Waals surface area contributed by atoms with Crippen molar-refractivity contribution in [2.75, 3.05) is 20.2 Å². The minimum absolute atomic E-state index is 0.00552. The van der Waals surface area contributed by atoms with Crippen LogP contribution in [0.1, 0.15) is 57.4 Å². The van der Waals surface area contributed by atoms with Gasteiger partial charge in [0.2, 0.25) is 17.7 Å². The van der Waals surface area contributed by atoms with Gasteiger partial charge >= 0.3 is 0 Å². The summed E-state index contributed by atoms with van der Waals surface area (Å²) < 4.78 is 5.23. The largest absolute Gasteiger partial charge is 0.497 e. The first-order valence-electron chi connectivity index (χ1n) is 11.2. The van der Waals surface area contributed by atoms with E-state index in [1.165, 1.54) is 4.90 Å². The molecule has 0 spiro atoms. The topological polar surface area (TPSA) is 84.0 Å². The van der Waals surface area contributed by atoms with Crippen LogP contribution in [0.4, 0.5) is 0 Å². The van der Waals surface area contributed by atoms with E-state index in [-0.39, 0.29) is 48.3 Å². The van der Waals surface area contributed by atoms with E-state index in [2.05, 4.69) is 0 Å². The summed E-state index contributed by atoms with van der Waals surface area (Å²) in [6.45, 7) is 2.83. The number of Topliss-reactive ketones (excluding diaryl/α,β-unsaturated/α-hetero) is 1. The lowest BCUT2D eigenvalue weighted by atomic mass is 9.75. The zero-order valence-electron chi connectivity index (χ0n) is 18.3. The van der Waals surface area contributed by atoms with E-state index in [1.807, 2.05) is 6.92 Å². The number of carbonyl (C=O) groups excluding carboxylic acids is 4. The summed E-state index contributed by atoms with van der Waals surface area (Å²) in [4.78, 5) is 55.0. The molecule has 0 aromatic heterocycles. The van der Waals surface area contributed by atoms with Crippen molar-refractivity contribution >= 4 is 23.5 Å². The third-order valence-corrected chi connectivity index (χ3v) is 6.94. The Morgan fingerprint density at radius 3 is 2.45 bits per heavy atom. The van der Waals surface area contributed by atoms with Gasteiger partial charge in [0, 0.05) is 44.3 Å². The number of hydrogen-bond donors (Lipinski definition) is 0. The van der Waals surface area contributed by atoms with Crippen molar-refractivity contribution in [3.63, 3.8) is 0 Å². The number of amides is 3. The van der Waals surface area contributed by atoms with Gasteiger partial charge in [0.1, 0.15) is 11.5 Å². The second-order valence-electron chi connectivity index (χ2n) is 8.96. The Kier molecular flexibility index (Phi) is 5.86. The molecule has 2 atom stereocenters. The summed E-state index contributed by atoms with van der Waals surface area (Å²) in [5, 5.41) is 0. The molecule has 1 aliphatic carbocycles. The predicted octanol–water partition coefficient (Wildman–Crippen LogP) is 2.46. The Labute approximate surface area is 182 Å². The Hall–Kier alpha value is -2.70. The Balaban J connectivity index is 1.62. The first kappa shape index (κ1) is 21.5. The average Bonchev–Trinajstić information content (AvgIpc) is 3.59. The zero-order chi connectivity index (χ0) is 22.2. The number of imide groups is 1. The molecule has 4 rings (SSSR count). The van der Waals surface area contributed by atoms with E-state index < -0.39 is 5.41 Å². The van der Waals surface area contributed by atoms with Crippen molar-refractivity contribution < 1.29 is 23.9 Å². The van der Waals surface area contributed by atoms with Gasteiger partial charge in [-0.2, -0.15) is 0 Å². The van der Waals surface area contributed by atoms with Gasteiger partial charge in [-0.1, -0.05) is 19.1 Å². The van der Waals surface area contributed by atoms with Gasteiger partial charge in [-0.15, -0.1) is 0 Å². The highest BCUT2D eigenvalue weighted by Gasteiger charge is 2.57. The maximum Gasteiger partial charge on any atom is 0.241 e. The number of piperidine rings is 1. The lowest BCUT2D eigenvalue weighted by Gasteiger charge is -2.35. The van der Waals surface area contributed by atoms with E-state index in [4.69, 9.17) is 4.74 Å². The number of carbonyl (C=O) groups is 4. The van der Waals surface area contributed by atoms with Crippen molar-refractivity contribution in [3.8, 4) is 5.75 Å². The van der Waals surface area contributed by atoms with Gasteiger partial charge in [0.05, 0.1) is 12.5 Å². The second-order valence-corrected chi connectivity index (χ2v) is 8.96. The smallest absolute Gasteiger partial charge is 0.241 e. The first-order valence-corrected chi connectivity index (χ1v) is 11.2.